The van der Waals surface area contributed by atoms with Crippen molar-refractivity contribution in [3.63, 3.8) is 0 Å². The molecule has 0 unspecified atom stereocenters. The molecule has 0 atom stereocenters. The van der Waals surface area contributed by atoms with Crippen LogP contribution in [0.15, 0.2) is 47.4 Å². The summed E-state index contributed by atoms with van der Waals surface area (Å²) in [7, 11) is 0. The first-order valence-electron chi connectivity index (χ1n) is 11.0. The number of thioether (sulfide) groups is 1. The van der Waals surface area contributed by atoms with Crippen LogP contribution >= 0.6 is 11.8 Å². The number of hydrogen-bond donors (Lipinski definition) is 1. The van der Waals surface area contributed by atoms with Gasteiger partial charge in [0.1, 0.15) is 0 Å². The number of fused-ring (bicyclic) bond motifs is 1. The molecule has 2 aromatic rings. The van der Waals surface area contributed by atoms with Crippen LogP contribution in [-0.2, 0) is 11.3 Å². The van der Waals surface area contributed by atoms with Gasteiger partial charge < -0.3 is 10.2 Å². The van der Waals surface area contributed by atoms with Crippen LogP contribution in [0.4, 0.5) is 5.69 Å². The number of nitrogens with one attached hydrogen (secondary N) is 1. The van der Waals surface area contributed by atoms with Gasteiger partial charge in [-0.15, -0.1) is 11.8 Å². The van der Waals surface area contributed by atoms with Gasteiger partial charge in [0, 0.05) is 16.5 Å². The van der Waals surface area contributed by atoms with Crippen LogP contribution in [-0.4, -0.2) is 23.6 Å². The fraction of sp³-hybridized carbons (Fsp3) is 0.440. The van der Waals surface area contributed by atoms with Crippen LogP contribution < -0.4 is 10.2 Å². The van der Waals surface area contributed by atoms with Crippen molar-refractivity contribution < 1.29 is 9.59 Å². The maximum absolute atomic E-state index is 13.0. The largest absolute Gasteiger partial charge is 0.349 e. The molecule has 30 heavy (non-hydrogen) atoms. The summed E-state index contributed by atoms with van der Waals surface area (Å²) >= 11 is 1.55. The average molecular weight is 423 g/mol. The van der Waals surface area contributed by atoms with Crippen LogP contribution in [0.3, 0.4) is 0 Å². The zero-order valence-electron chi connectivity index (χ0n) is 17.7. The third kappa shape index (κ3) is 5.07. The van der Waals surface area contributed by atoms with E-state index < -0.39 is 0 Å². The van der Waals surface area contributed by atoms with E-state index in [4.69, 9.17) is 0 Å². The van der Waals surface area contributed by atoms with E-state index in [1.807, 2.05) is 35.2 Å². The second-order valence-corrected chi connectivity index (χ2v) is 9.47. The number of rotatable bonds is 4. The minimum atomic E-state index is -0.0260. The number of benzene rings is 2. The smallest absolute Gasteiger partial charge is 0.251 e. The lowest BCUT2D eigenvalue weighted by Crippen LogP contribution is -2.37. The predicted octanol–water partition coefficient (Wildman–Crippen LogP) is 5.48. The van der Waals surface area contributed by atoms with Crippen molar-refractivity contribution in [2.24, 2.45) is 0 Å². The highest BCUT2D eigenvalue weighted by molar-refractivity contribution is 8.00. The van der Waals surface area contributed by atoms with E-state index in [9.17, 15) is 9.59 Å². The van der Waals surface area contributed by atoms with E-state index >= 15 is 0 Å². The molecule has 0 aromatic heterocycles. The van der Waals surface area contributed by atoms with E-state index in [0.29, 0.717) is 17.9 Å². The quantitative estimate of drug-likeness (QED) is 0.710. The Kier molecular flexibility index (Phi) is 6.78. The number of aryl methyl sites for hydroxylation is 1. The molecule has 5 heteroatoms. The van der Waals surface area contributed by atoms with Gasteiger partial charge in [0.05, 0.1) is 18.0 Å². The molecule has 1 heterocycles. The number of carbonyl (C=O) groups excluding carboxylic acids is 2. The molecular formula is C25H30N2O2S. The Hall–Kier alpha value is -2.27. The Bertz CT molecular complexity index is 919. The third-order valence-corrected chi connectivity index (χ3v) is 7.08. The van der Waals surface area contributed by atoms with E-state index in [1.165, 1.54) is 37.7 Å². The highest BCUT2D eigenvalue weighted by Gasteiger charge is 2.26. The summed E-state index contributed by atoms with van der Waals surface area (Å²) in [4.78, 5) is 28.6. The topological polar surface area (TPSA) is 49.4 Å². The molecule has 0 spiro atoms. The van der Waals surface area contributed by atoms with Gasteiger partial charge in [-0.3, -0.25) is 9.59 Å². The monoisotopic (exact) mass is 422 g/mol. The summed E-state index contributed by atoms with van der Waals surface area (Å²) in [5.41, 5.74) is 3.77. The van der Waals surface area contributed by atoms with E-state index in [0.717, 1.165) is 29.0 Å². The summed E-state index contributed by atoms with van der Waals surface area (Å²) in [6.45, 7) is 2.59. The second kappa shape index (κ2) is 9.69. The summed E-state index contributed by atoms with van der Waals surface area (Å²) in [6, 6.07) is 14.3. The predicted molar refractivity (Wildman–Crippen MR) is 123 cm³/mol. The van der Waals surface area contributed by atoms with Crippen LogP contribution in [0.1, 0.15) is 66.4 Å². The number of carbonyl (C=O) groups is 2. The van der Waals surface area contributed by atoms with Crippen molar-refractivity contribution in [1.29, 1.82) is 0 Å². The van der Waals surface area contributed by atoms with Crippen molar-refractivity contribution in [3.05, 3.63) is 59.2 Å². The Balaban J connectivity index is 1.53. The number of nitrogens with zero attached hydrogens (tertiary/aromatic N) is 1. The fourth-order valence-corrected chi connectivity index (χ4v) is 5.30. The van der Waals surface area contributed by atoms with Gasteiger partial charge in [0.25, 0.3) is 5.91 Å². The van der Waals surface area contributed by atoms with Crippen molar-refractivity contribution in [1.82, 2.24) is 5.32 Å². The lowest BCUT2D eigenvalue weighted by molar-refractivity contribution is -0.116. The molecule has 1 saturated carbocycles. The van der Waals surface area contributed by atoms with Crippen molar-refractivity contribution in [2.75, 3.05) is 10.7 Å². The average Bonchev–Trinajstić information content (AvgIpc) is 2.71. The maximum Gasteiger partial charge on any atom is 0.251 e. The molecule has 158 valence electrons. The van der Waals surface area contributed by atoms with Crippen LogP contribution in [0.25, 0.3) is 0 Å². The molecule has 2 aromatic carbocycles. The minimum absolute atomic E-state index is 0.0260. The van der Waals surface area contributed by atoms with Gasteiger partial charge in [-0.1, -0.05) is 61.9 Å². The Morgan fingerprint density at radius 3 is 2.60 bits per heavy atom. The number of amides is 2. The van der Waals surface area contributed by atoms with E-state index in [1.54, 1.807) is 11.8 Å². The first-order chi connectivity index (χ1) is 14.6. The molecule has 2 amide bonds. The lowest BCUT2D eigenvalue weighted by Gasteiger charge is -2.30. The van der Waals surface area contributed by atoms with Gasteiger partial charge in [0.2, 0.25) is 5.91 Å². The normalized spacial score (nSPS) is 17.8. The Morgan fingerprint density at radius 2 is 1.83 bits per heavy atom. The molecule has 1 aliphatic heterocycles. The minimum Gasteiger partial charge on any atom is -0.349 e. The zero-order chi connectivity index (χ0) is 20.9. The van der Waals surface area contributed by atoms with Crippen molar-refractivity contribution in [2.45, 2.75) is 69.4 Å². The molecule has 0 saturated heterocycles. The molecule has 4 nitrogen and oxygen atoms in total. The molecular weight excluding hydrogens is 392 g/mol. The Labute approximate surface area is 183 Å². The van der Waals surface area contributed by atoms with Crippen LogP contribution in [0.5, 0.6) is 0 Å². The highest BCUT2D eigenvalue weighted by atomic mass is 32.2. The summed E-state index contributed by atoms with van der Waals surface area (Å²) in [5.74, 6) is 0.500. The lowest BCUT2D eigenvalue weighted by atomic mass is 9.96. The van der Waals surface area contributed by atoms with Gasteiger partial charge in [-0.2, -0.15) is 0 Å². The first kappa shape index (κ1) is 21.0. The molecule has 1 aliphatic carbocycles. The van der Waals surface area contributed by atoms with E-state index in [-0.39, 0.29) is 17.9 Å². The highest BCUT2D eigenvalue weighted by Crippen LogP contribution is 2.37. The first-order valence-corrected chi connectivity index (χ1v) is 12.0. The molecule has 1 fully saturated rings. The zero-order valence-corrected chi connectivity index (χ0v) is 18.5. The second-order valence-electron chi connectivity index (χ2n) is 8.46. The molecule has 0 radical (unpaired) electrons. The number of hydrogen-bond acceptors (Lipinski definition) is 3. The summed E-state index contributed by atoms with van der Waals surface area (Å²) in [6.07, 6.45) is 8.33. The van der Waals surface area contributed by atoms with Gasteiger partial charge in [-0.05, 0) is 43.5 Å². The molecule has 1 N–H and O–H groups in total. The molecule has 4 rings (SSSR count). The molecule has 0 bridgehead atoms. The third-order valence-electron chi connectivity index (χ3n) is 6.03. The SMILES string of the molecule is Cc1cccc(CN2C(=O)CSc3ccc(C(=O)NC4CCCCCCC4)cc32)c1. The van der Waals surface area contributed by atoms with Crippen molar-refractivity contribution in [3.8, 4) is 0 Å². The maximum atomic E-state index is 13.0. The summed E-state index contributed by atoms with van der Waals surface area (Å²) in [5, 5.41) is 3.24. The fourth-order valence-electron chi connectivity index (χ4n) is 4.38. The molecule has 2 aliphatic rings. The standard InChI is InChI=1S/C25H30N2O2S/c1-18-8-7-9-19(14-18)16-27-22-15-20(12-13-23(22)30-17-24(27)28)25(29)26-21-10-5-3-2-4-6-11-21/h7-9,12-15,21H,2-6,10-11,16-17H2,1H3,(H,26,29). The van der Waals surface area contributed by atoms with Crippen LogP contribution in [0, 0.1) is 6.92 Å². The van der Waals surface area contributed by atoms with Crippen LogP contribution in [0.2, 0.25) is 0 Å². The van der Waals surface area contributed by atoms with Gasteiger partial charge >= 0.3 is 0 Å². The van der Waals surface area contributed by atoms with E-state index in [2.05, 4.69) is 24.4 Å². The van der Waals surface area contributed by atoms with Gasteiger partial charge in [-0.25, -0.2) is 0 Å². The van der Waals surface area contributed by atoms with Crippen molar-refractivity contribution >= 4 is 29.3 Å². The Morgan fingerprint density at radius 1 is 1.07 bits per heavy atom. The number of anilines is 1. The summed E-state index contributed by atoms with van der Waals surface area (Å²) < 4.78 is 0. The van der Waals surface area contributed by atoms with Gasteiger partial charge in [0.15, 0.2) is 0 Å².